The fourth-order valence-corrected chi connectivity index (χ4v) is 1.49. The molecule has 0 aliphatic heterocycles. The maximum atomic E-state index is 10.5. The van der Waals surface area contributed by atoms with Crippen molar-refractivity contribution in [1.82, 2.24) is 0 Å². The Labute approximate surface area is 91.7 Å². The number of aliphatic hydroxyl groups is 2. The van der Waals surface area contributed by atoms with Crippen LogP contribution in [0.1, 0.15) is 17.2 Å². The van der Waals surface area contributed by atoms with Gasteiger partial charge in [-0.05, 0) is 11.1 Å². The molecule has 4 nitrogen and oxygen atoms in total. The highest BCUT2D eigenvalue weighted by molar-refractivity contribution is 6.17. The molecule has 0 saturated carbocycles. The molecule has 0 aliphatic rings. The van der Waals surface area contributed by atoms with E-state index in [0.717, 1.165) is 0 Å². The third-order valence-electron chi connectivity index (χ3n) is 2.07. The van der Waals surface area contributed by atoms with Crippen molar-refractivity contribution in [3.63, 3.8) is 0 Å². The second kappa shape index (κ2) is 5.11. The molecular formula is C10H11ClO4. The minimum Gasteiger partial charge on any atom is -0.479 e. The van der Waals surface area contributed by atoms with E-state index in [9.17, 15) is 15.0 Å². The van der Waals surface area contributed by atoms with Crippen LogP contribution in [0.5, 0.6) is 0 Å². The van der Waals surface area contributed by atoms with Crippen molar-refractivity contribution >= 4 is 17.6 Å². The van der Waals surface area contributed by atoms with Gasteiger partial charge in [0.05, 0.1) is 0 Å². The summed E-state index contributed by atoms with van der Waals surface area (Å²) in [5.41, 5.74) is 0.939. The van der Waals surface area contributed by atoms with E-state index in [1.165, 1.54) is 6.07 Å². The monoisotopic (exact) mass is 230 g/mol. The first-order chi connectivity index (χ1) is 7.07. The molecule has 0 aliphatic carbocycles. The lowest BCUT2D eigenvalue weighted by Gasteiger charge is -2.16. The zero-order valence-corrected chi connectivity index (χ0v) is 8.55. The van der Waals surface area contributed by atoms with E-state index in [-0.39, 0.29) is 5.88 Å². The lowest BCUT2D eigenvalue weighted by Crippen LogP contribution is -2.28. The van der Waals surface area contributed by atoms with Gasteiger partial charge in [0, 0.05) is 5.88 Å². The number of aliphatic carboxylic acids is 1. The lowest BCUT2D eigenvalue weighted by molar-refractivity contribution is -0.153. The number of carboxylic acids is 1. The first kappa shape index (κ1) is 12.0. The number of alkyl halides is 1. The Morgan fingerprint density at radius 2 is 1.93 bits per heavy atom. The van der Waals surface area contributed by atoms with Crippen LogP contribution in [-0.2, 0) is 10.7 Å². The highest BCUT2D eigenvalue weighted by Gasteiger charge is 2.26. The Hall–Kier alpha value is -1.10. The minimum atomic E-state index is -1.84. The molecule has 0 spiro atoms. The first-order valence-electron chi connectivity index (χ1n) is 4.30. The average Bonchev–Trinajstić information content (AvgIpc) is 2.26. The van der Waals surface area contributed by atoms with Crippen molar-refractivity contribution in [3.05, 3.63) is 35.4 Å². The summed E-state index contributed by atoms with van der Waals surface area (Å²) in [4.78, 5) is 10.5. The van der Waals surface area contributed by atoms with Gasteiger partial charge in [-0.3, -0.25) is 0 Å². The van der Waals surface area contributed by atoms with Gasteiger partial charge in [-0.25, -0.2) is 4.79 Å². The van der Waals surface area contributed by atoms with Crippen molar-refractivity contribution in [2.45, 2.75) is 18.1 Å². The molecule has 15 heavy (non-hydrogen) atoms. The van der Waals surface area contributed by atoms with Crippen LogP contribution in [0.4, 0.5) is 0 Å². The normalized spacial score (nSPS) is 14.6. The molecule has 0 amide bonds. The SMILES string of the molecule is O=C(O)C(O)C(O)c1ccccc1CCl. The molecule has 0 aromatic heterocycles. The number of halogens is 1. The van der Waals surface area contributed by atoms with Crippen LogP contribution in [0.3, 0.4) is 0 Å². The summed E-state index contributed by atoms with van der Waals surface area (Å²) >= 11 is 5.62. The van der Waals surface area contributed by atoms with E-state index < -0.39 is 18.2 Å². The molecular weight excluding hydrogens is 220 g/mol. The molecule has 1 aromatic rings. The molecule has 82 valence electrons. The van der Waals surface area contributed by atoms with Gasteiger partial charge in [0.1, 0.15) is 6.10 Å². The summed E-state index contributed by atoms with van der Waals surface area (Å²) in [6, 6.07) is 6.57. The molecule has 1 aromatic carbocycles. The van der Waals surface area contributed by atoms with Crippen LogP contribution in [0, 0.1) is 0 Å². The van der Waals surface area contributed by atoms with E-state index in [0.29, 0.717) is 11.1 Å². The Morgan fingerprint density at radius 1 is 1.33 bits per heavy atom. The number of rotatable bonds is 4. The van der Waals surface area contributed by atoms with Gasteiger partial charge in [-0.2, -0.15) is 0 Å². The molecule has 0 fully saturated rings. The number of hydrogen-bond donors (Lipinski definition) is 3. The summed E-state index contributed by atoms with van der Waals surface area (Å²) in [7, 11) is 0. The fraction of sp³-hybridized carbons (Fsp3) is 0.300. The number of hydrogen-bond acceptors (Lipinski definition) is 3. The van der Waals surface area contributed by atoms with Crippen LogP contribution in [-0.4, -0.2) is 27.4 Å². The summed E-state index contributed by atoms with van der Waals surface area (Å²) in [6.07, 6.45) is -3.30. The van der Waals surface area contributed by atoms with E-state index in [4.69, 9.17) is 16.7 Å². The van der Waals surface area contributed by atoms with Gasteiger partial charge in [0.2, 0.25) is 0 Å². The smallest absolute Gasteiger partial charge is 0.335 e. The topological polar surface area (TPSA) is 77.8 Å². The second-order valence-electron chi connectivity index (χ2n) is 3.06. The van der Waals surface area contributed by atoms with Crippen LogP contribution in [0.15, 0.2) is 24.3 Å². The fourth-order valence-electron chi connectivity index (χ4n) is 1.25. The van der Waals surface area contributed by atoms with Gasteiger partial charge in [0.25, 0.3) is 0 Å². The van der Waals surface area contributed by atoms with E-state index in [1.54, 1.807) is 18.2 Å². The number of carboxylic acid groups (broad SMARTS) is 1. The van der Waals surface area contributed by atoms with Gasteiger partial charge in [-0.1, -0.05) is 24.3 Å². The minimum absolute atomic E-state index is 0.152. The van der Waals surface area contributed by atoms with Crippen LogP contribution in [0.2, 0.25) is 0 Å². The van der Waals surface area contributed by atoms with Gasteiger partial charge in [0.15, 0.2) is 6.10 Å². The quantitative estimate of drug-likeness (QED) is 0.672. The standard InChI is InChI=1S/C10H11ClO4/c11-5-6-3-1-2-4-7(6)8(12)9(13)10(14)15/h1-4,8-9,12-13H,5H2,(H,14,15). The first-order valence-corrected chi connectivity index (χ1v) is 4.84. The van der Waals surface area contributed by atoms with E-state index >= 15 is 0 Å². The van der Waals surface area contributed by atoms with Crippen molar-refractivity contribution in [3.8, 4) is 0 Å². The van der Waals surface area contributed by atoms with Crippen molar-refractivity contribution in [2.75, 3.05) is 0 Å². The molecule has 2 unspecified atom stereocenters. The largest absolute Gasteiger partial charge is 0.479 e. The molecule has 0 radical (unpaired) electrons. The second-order valence-corrected chi connectivity index (χ2v) is 3.33. The molecule has 1 rings (SSSR count). The molecule has 0 heterocycles. The Kier molecular flexibility index (Phi) is 4.08. The van der Waals surface area contributed by atoms with Crippen molar-refractivity contribution in [2.24, 2.45) is 0 Å². The Bertz CT molecular complexity index is 353. The van der Waals surface area contributed by atoms with Gasteiger partial charge in [-0.15, -0.1) is 11.6 Å². The highest BCUT2D eigenvalue weighted by Crippen LogP contribution is 2.22. The number of benzene rings is 1. The Morgan fingerprint density at radius 3 is 2.47 bits per heavy atom. The zero-order chi connectivity index (χ0) is 11.4. The van der Waals surface area contributed by atoms with Crippen LogP contribution < -0.4 is 0 Å². The molecule has 0 bridgehead atoms. The van der Waals surface area contributed by atoms with Crippen LogP contribution >= 0.6 is 11.6 Å². The predicted octanol–water partition coefficient (Wildman–Crippen LogP) is 0.904. The Balaban J connectivity index is 2.99. The average molecular weight is 231 g/mol. The molecule has 0 saturated heterocycles. The molecule has 2 atom stereocenters. The van der Waals surface area contributed by atoms with Crippen molar-refractivity contribution in [1.29, 1.82) is 0 Å². The predicted molar refractivity (Wildman–Crippen MR) is 54.6 cm³/mol. The summed E-state index contributed by atoms with van der Waals surface area (Å²) in [6.45, 7) is 0. The summed E-state index contributed by atoms with van der Waals surface area (Å²) in [5, 5.41) is 27.3. The third-order valence-corrected chi connectivity index (χ3v) is 2.36. The van der Waals surface area contributed by atoms with Gasteiger partial charge < -0.3 is 15.3 Å². The lowest BCUT2D eigenvalue weighted by atomic mass is 9.99. The van der Waals surface area contributed by atoms with E-state index in [1.807, 2.05) is 0 Å². The summed E-state index contributed by atoms with van der Waals surface area (Å²) < 4.78 is 0. The summed E-state index contributed by atoms with van der Waals surface area (Å²) in [5.74, 6) is -1.31. The molecule has 5 heteroatoms. The third kappa shape index (κ3) is 2.68. The zero-order valence-electron chi connectivity index (χ0n) is 7.80. The number of aliphatic hydroxyl groups excluding tert-OH is 2. The van der Waals surface area contributed by atoms with Gasteiger partial charge >= 0.3 is 5.97 Å². The maximum absolute atomic E-state index is 10.5. The maximum Gasteiger partial charge on any atom is 0.335 e. The number of carbonyl (C=O) groups is 1. The highest BCUT2D eigenvalue weighted by atomic mass is 35.5. The van der Waals surface area contributed by atoms with E-state index in [2.05, 4.69) is 0 Å². The van der Waals surface area contributed by atoms with Crippen LogP contribution in [0.25, 0.3) is 0 Å². The molecule has 3 N–H and O–H groups in total. The van der Waals surface area contributed by atoms with Crippen molar-refractivity contribution < 1.29 is 20.1 Å².